The fraction of sp³-hybridized carbons (Fsp3) is 0.571. The van der Waals surface area contributed by atoms with Gasteiger partial charge in [-0.2, -0.15) is 0 Å². The summed E-state index contributed by atoms with van der Waals surface area (Å²) in [5.41, 5.74) is 5.75. The molecule has 3 N–H and O–H groups in total. The van der Waals surface area contributed by atoms with Crippen molar-refractivity contribution in [3.05, 3.63) is 35.4 Å². The second-order valence-corrected chi connectivity index (χ2v) is 4.47. The molecular weight excluding hydrogens is 196 g/mol. The van der Waals surface area contributed by atoms with Crippen molar-refractivity contribution in [3.8, 4) is 0 Å². The summed E-state index contributed by atoms with van der Waals surface area (Å²) in [7, 11) is 0. The normalized spacial score (nSPS) is 12.7. The van der Waals surface area contributed by atoms with E-state index in [4.69, 9.17) is 5.84 Å². The van der Waals surface area contributed by atoms with E-state index in [0.717, 1.165) is 12.8 Å². The van der Waals surface area contributed by atoms with E-state index in [1.54, 1.807) is 0 Å². The van der Waals surface area contributed by atoms with Crippen molar-refractivity contribution in [2.24, 2.45) is 5.84 Å². The summed E-state index contributed by atoms with van der Waals surface area (Å²) < 4.78 is 0. The van der Waals surface area contributed by atoms with E-state index in [-0.39, 0.29) is 0 Å². The van der Waals surface area contributed by atoms with Crippen molar-refractivity contribution in [2.45, 2.75) is 52.0 Å². The Balaban J connectivity index is 2.40. The largest absolute Gasteiger partial charge is 0.271 e. The van der Waals surface area contributed by atoms with Crippen LogP contribution in [0.3, 0.4) is 0 Å². The molecule has 2 nitrogen and oxygen atoms in total. The molecule has 1 rings (SSSR count). The quantitative estimate of drug-likeness (QED) is 0.547. The predicted molar refractivity (Wildman–Crippen MR) is 70.1 cm³/mol. The van der Waals surface area contributed by atoms with Crippen LogP contribution in [0.2, 0.25) is 0 Å². The lowest BCUT2D eigenvalue weighted by molar-refractivity contribution is 0.449. The SMILES string of the molecule is CCCCC(CCc1ccccc1C)NN. The highest BCUT2D eigenvalue weighted by molar-refractivity contribution is 5.25. The molecule has 0 bridgehead atoms. The van der Waals surface area contributed by atoms with Crippen LogP contribution in [0.4, 0.5) is 0 Å². The summed E-state index contributed by atoms with van der Waals surface area (Å²) in [5.74, 6) is 5.57. The topological polar surface area (TPSA) is 38.0 Å². The van der Waals surface area contributed by atoms with E-state index >= 15 is 0 Å². The highest BCUT2D eigenvalue weighted by Crippen LogP contribution is 2.12. The zero-order chi connectivity index (χ0) is 11.8. The van der Waals surface area contributed by atoms with Gasteiger partial charge in [-0.1, -0.05) is 44.0 Å². The molecule has 16 heavy (non-hydrogen) atoms. The Morgan fingerprint density at radius 1 is 1.25 bits per heavy atom. The average molecular weight is 220 g/mol. The second kappa shape index (κ2) is 7.42. The van der Waals surface area contributed by atoms with Crippen LogP contribution in [-0.4, -0.2) is 6.04 Å². The molecule has 0 amide bonds. The Labute approximate surface area is 99.2 Å². The van der Waals surface area contributed by atoms with Crippen LogP contribution in [0, 0.1) is 6.92 Å². The van der Waals surface area contributed by atoms with E-state index in [9.17, 15) is 0 Å². The van der Waals surface area contributed by atoms with Crippen molar-refractivity contribution >= 4 is 0 Å². The van der Waals surface area contributed by atoms with Crippen LogP contribution < -0.4 is 11.3 Å². The molecule has 0 aliphatic rings. The van der Waals surface area contributed by atoms with E-state index in [0.29, 0.717) is 6.04 Å². The number of hydrogen-bond donors (Lipinski definition) is 2. The molecule has 1 aromatic rings. The summed E-state index contributed by atoms with van der Waals surface area (Å²) in [5, 5.41) is 0. The maximum Gasteiger partial charge on any atom is 0.0213 e. The lowest BCUT2D eigenvalue weighted by Crippen LogP contribution is -2.35. The van der Waals surface area contributed by atoms with Gasteiger partial charge in [-0.15, -0.1) is 0 Å². The minimum absolute atomic E-state index is 0.458. The lowest BCUT2D eigenvalue weighted by atomic mass is 9.99. The van der Waals surface area contributed by atoms with Crippen LogP contribution in [0.5, 0.6) is 0 Å². The summed E-state index contributed by atoms with van der Waals surface area (Å²) in [6.45, 7) is 4.39. The summed E-state index contributed by atoms with van der Waals surface area (Å²) in [6.07, 6.45) is 5.91. The first-order valence-corrected chi connectivity index (χ1v) is 6.28. The minimum Gasteiger partial charge on any atom is -0.271 e. The molecule has 0 saturated heterocycles. The van der Waals surface area contributed by atoms with Gasteiger partial charge in [0.15, 0.2) is 0 Å². The molecule has 0 fully saturated rings. The van der Waals surface area contributed by atoms with Crippen molar-refractivity contribution in [1.82, 2.24) is 5.43 Å². The first-order chi connectivity index (χ1) is 7.77. The Hall–Kier alpha value is -0.860. The maximum atomic E-state index is 5.57. The monoisotopic (exact) mass is 220 g/mol. The van der Waals surface area contributed by atoms with Crippen molar-refractivity contribution in [1.29, 1.82) is 0 Å². The van der Waals surface area contributed by atoms with E-state index < -0.39 is 0 Å². The molecule has 1 atom stereocenters. The molecule has 2 heteroatoms. The average Bonchev–Trinajstić information content (AvgIpc) is 2.31. The van der Waals surface area contributed by atoms with Gasteiger partial charge in [0, 0.05) is 6.04 Å². The minimum atomic E-state index is 0.458. The molecule has 0 aliphatic carbocycles. The molecule has 0 heterocycles. The van der Waals surface area contributed by atoms with Crippen LogP contribution in [0.15, 0.2) is 24.3 Å². The highest BCUT2D eigenvalue weighted by Gasteiger charge is 2.06. The molecule has 0 aliphatic heterocycles. The van der Waals surface area contributed by atoms with Gasteiger partial charge in [0.05, 0.1) is 0 Å². The predicted octanol–water partition coefficient (Wildman–Crippen LogP) is 2.95. The molecule has 1 unspecified atom stereocenters. The second-order valence-electron chi connectivity index (χ2n) is 4.47. The first kappa shape index (κ1) is 13.2. The third-order valence-corrected chi connectivity index (χ3v) is 3.17. The molecule has 0 saturated carbocycles. The number of rotatable bonds is 7. The van der Waals surface area contributed by atoms with Crippen molar-refractivity contribution < 1.29 is 0 Å². The molecule has 90 valence electrons. The number of aryl methyl sites for hydroxylation is 2. The van der Waals surface area contributed by atoms with Gasteiger partial charge in [0.2, 0.25) is 0 Å². The summed E-state index contributed by atoms with van der Waals surface area (Å²) >= 11 is 0. The number of nitrogens with one attached hydrogen (secondary N) is 1. The standard InChI is InChI=1S/C14H24N2/c1-3-4-9-14(16-15)11-10-13-8-6-5-7-12(13)2/h5-8,14,16H,3-4,9-11,15H2,1-2H3. The van der Waals surface area contributed by atoms with Crippen LogP contribution in [0.1, 0.15) is 43.7 Å². The molecular formula is C14H24N2. The number of hydrogen-bond acceptors (Lipinski definition) is 2. The number of nitrogens with two attached hydrogens (primary N) is 1. The molecule has 0 radical (unpaired) electrons. The number of hydrazine groups is 1. The van der Waals surface area contributed by atoms with Gasteiger partial charge < -0.3 is 0 Å². The van der Waals surface area contributed by atoms with E-state index in [1.165, 1.54) is 30.4 Å². The molecule has 0 aromatic heterocycles. The number of unbranched alkanes of at least 4 members (excludes halogenated alkanes) is 1. The van der Waals surface area contributed by atoms with Gasteiger partial charge >= 0.3 is 0 Å². The van der Waals surface area contributed by atoms with Crippen molar-refractivity contribution in [3.63, 3.8) is 0 Å². The van der Waals surface area contributed by atoms with Gasteiger partial charge in [-0.3, -0.25) is 11.3 Å². The van der Waals surface area contributed by atoms with Gasteiger partial charge in [-0.05, 0) is 37.3 Å². The first-order valence-electron chi connectivity index (χ1n) is 6.28. The third kappa shape index (κ3) is 4.33. The van der Waals surface area contributed by atoms with Crippen LogP contribution in [0.25, 0.3) is 0 Å². The smallest absolute Gasteiger partial charge is 0.0213 e. The van der Waals surface area contributed by atoms with Gasteiger partial charge in [0.25, 0.3) is 0 Å². The lowest BCUT2D eigenvalue weighted by Gasteiger charge is -2.15. The highest BCUT2D eigenvalue weighted by atomic mass is 15.2. The van der Waals surface area contributed by atoms with Gasteiger partial charge in [0.1, 0.15) is 0 Å². The summed E-state index contributed by atoms with van der Waals surface area (Å²) in [6, 6.07) is 9.04. The fourth-order valence-electron chi connectivity index (χ4n) is 1.98. The third-order valence-electron chi connectivity index (χ3n) is 3.17. The Kier molecular flexibility index (Phi) is 6.12. The summed E-state index contributed by atoms with van der Waals surface area (Å²) in [4.78, 5) is 0. The fourth-order valence-corrected chi connectivity index (χ4v) is 1.98. The van der Waals surface area contributed by atoms with Crippen LogP contribution in [-0.2, 0) is 6.42 Å². The zero-order valence-corrected chi connectivity index (χ0v) is 10.5. The number of benzene rings is 1. The molecule has 1 aromatic carbocycles. The van der Waals surface area contributed by atoms with E-state index in [1.807, 2.05) is 0 Å². The van der Waals surface area contributed by atoms with Gasteiger partial charge in [-0.25, -0.2) is 0 Å². The Morgan fingerprint density at radius 2 is 2.00 bits per heavy atom. The van der Waals surface area contributed by atoms with Crippen molar-refractivity contribution in [2.75, 3.05) is 0 Å². The zero-order valence-electron chi connectivity index (χ0n) is 10.5. The van der Waals surface area contributed by atoms with E-state index in [2.05, 4.69) is 43.5 Å². The molecule has 0 spiro atoms. The Morgan fingerprint density at radius 3 is 2.62 bits per heavy atom. The maximum absolute atomic E-state index is 5.57. The van der Waals surface area contributed by atoms with Crippen LogP contribution >= 0.6 is 0 Å². The Bertz CT molecular complexity index is 297.